The number of rotatable bonds is 9. The van der Waals surface area contributed by atoms with E-state index in [9.17, 15) is 0 Å². The number of benzene rings is 1. The van der Waals surface area contributed by atoms with Crippen LogP contribution in [0.5, 0.6) is 11.5 Å². The molecule has 118 valence electrons. The molecule has 0 aliphatic heterocycles. The van der Waals surface area contributed by atoms with E-state index in [4.69, 9.17) is 14.2 Å². The van der Waals surface area contributed by atoms with Gasteiger partial charge in [0, 0.05) is 13.1 Å². The van der Waals surface area contributed by atoms with E-state index in [0.29, 0.717) is 12.7 Å². The van der Waals surface area contributed by atoms with E-state index in [1.165, 1.54) is 32.1 Å². The summed E-state index contributed by atoms with van der Waals surface area (Å²) in [6.07, 6.45) is 6.98. The summed E-state index contributed by atoms with van der Waals surface area (Å²) in [6.45, 7) is 3.11. The molecule has 0 aromatic heterocycles. The molecule has 0 heterocycles. The topological polar surface area (TPSA) is 39.7 Å². The maximum atomic E-state index is 5.86. The Kier molecular flexibility index (Phi) is 7.39. The monoisotopic (exact) mass is 293 g/mol. The van der Waals surface area contributed by atoms with Crippen molar-refractivity contribution in [3.8, 4) is 11.5 Å². The first-order valence-corrected chi connectivity index (χ1v) is 7.98. The Hall–Kier alpha value is -1.26. The highest BCUT2D eigenvalue weighted by atomic mass is 16.5. The van der Waals surface area contributed by atoms with Crippen molar-refractivity contribution in [2.24, 2.45) is 0 Å². The third-order valence-electron chi connectivity index (χ3n) is 3.79. The van der Waals surface area contributed by atoms with Gasteiger partial charge in [-0.25, -0.2) is 0 Å². The van der Waals surface area contributed by atoms with Crippen molar-refractivity contribution in [3.63, 3.8) is 0 Å². The SMILES string of the molecule is COc1ccccc1OCCNCCOC1CCCCC1. The van der Waals surface area contributed by atoms with Crippen molar-refractivity contribution in [2.75, 3.05) is 33.4 Å². The first-order valence-electron chi connectivity index (χ1n) is 7.98. The van der Waals surface area contributed by atoms with E-state index in [1.54, 1.807) is 7.11 Å². The predicted octanol–water partition coefficient (Wildman–Crippen LogP) is 3.01. The number of methoxy groups -OCH3 is 1. The zero-order valence-electron chi connectivity index (χ0n) is 13.0. The molecule has 1 aromatic rings. The van der Waals surface area contributed by atoms with Gasteiger partial charge in [0.1, 0.15) is 6.61 Å². The van der Waals surface area contributed by atoms with Crippen LogP contribution in [-0.4, -0.2) is 39.5 Å². The largest absolute Gasteiger partial charge is 0.493 e. The Morgan fingerprint density at radius 1 is 1.00 bits per heavy atom. The minimum absolute atomic E-state index is 0.491. The van der Waals surface area contributed by atoms with Crippen LogP contribution in [0.4, 0.5) is 0 Å². The fraction of sp³-hybridized carbons (Fsp3) is 0.647. The van der Waals surface area contributed by atoms with Gasteiger partial charge in [-0.3, -0.25) is 0 Å². The highest BCUT2D eigenvalue weighted by molar-refractivity contribution is 5.39. The van der Waals surface area contributed by atoms with Crippen LogP contribution >= 0.6 is 0 Å². The molecule has 1 N–H and O–H groups in total. The molecule has 0 saturated heterocycles. The second kappa shape index (κ2) is 9.64. The Morgan fingerprint density at radius 3 is 2.48 bits per heavy atom. The van der Waals surface area contributed by atoms with Gasteiger partial charge in [-0.1, -0.05) is 31.4 Å². The van der Waals surface area contributed by atoms with Gasteiger partial charge in [-0.15, -0.1) is 0 Å². The maximum absolute atomic E-state index is 5.86. The Labute approximate surface area is 127 Å². The molecule has 1 aliphatic carbocycles. The lowest BCUT2D eigenvalue weighted by atomic mass is 9.98. The fourth-order valence-electron chi connectivity index (χ4n) is 2.63. The molecule has 0 bridgehead atoms. The van der Waals surface area contributed by atoms with Gasteiger partial charge in [-0.2, -0.15) is 0 Å². The summed E-state index contributed by atoms with van der Waals surface area (Å²) in [6, 6.07) is 7.71. The molecule has 1 fully saturated rings. The molecule has 0 atom stereocenters. The van der Waals surface area contributed by atoms with Crippen LogP contribution in [0.1, 0.15) is 32.1 Å². The second-order valence-corrected chi connectivity index (χ2v) is 5.38. The van der Waals surface area contributed by atoms with Crippen molar-refractivity contribution in [1.29, 1.82) is 0 Å². The molecule has 1 aliphatic rings. The zero-order chi connectivity index (χ0) is 14.8. The van der Waals surface area contributed by atoms with Gasteiger partial charge >= 0.3 is 0 Å². The molecule has 4 heteroatoms. The third kappa shape index (κ3) is 5.94. The van der Waals surface area contributed by atoms with Crippen LogP contribution in [0.3, 0.4) is 0 Å². The summed E-state index contributed by atoms with van der Waals surface area (Å²) in [5, 5.41) is 3.34. The van der Waals surface area contributed by atoms with E-state index in [2.05, 4.69) is 5.32 Å². The minimum Gasteiger partial charge on any atom is -0.493 e. The molecule has 0 unspecified atom stereocenters. The molecule has 1 saturated carbocycles. The van der Waals surface area contributed by atoms with E-state index < -0.39 is 0 Å². The summed E-state index contributed by atoms with van der Waals surface area (Å²) in [5.41, 5.74) is 0. The molecule has 0 amide bonds. The van der Waals surface area contributed by atoms with Crippen LogP contribution in [0.25, 0.3) is 0 Å². The van der Waals surface area contributed by atoms with E-state index in [-0.39, 0.29) is 0 Å². The van der Waals surface area contributed by atoms with E-state index in [0.717, 1.165) is 31.2 Å². The Bertz CT molecular complexity index is 391. The second-order valence-electron chi connectivity index (χ2n) is 5.38. The van der Waals surface area contributed by atoms with Crippen LogP contribution < -0.4 is 14.8 Å². The summed E-state index contributed by atoms with van der Waals surface area (Å²) >= 11 is 0. The smallest absolute Gasteiger partial charge is 0.161 e. The summed E-state index contributed by atoms with van der Waals surface area (Å²) in [5.74, 6) is 1.57. The standard InChI is InChI=1S/C17H27NO3/c1-19-16-9-5-6-10-17(16)21-14-12-18-11-13-20-15-7-3-2-4-8-15/h5-6,9-10,15,18H,2-4,7-8,11-14H2,1H3. The number of para-hydroxylation sites is 2. The number of hydrogen-bond donors (Lipinski definition) is 1. The normalized spacial score (nSPS) is 15.9. The van der Waals surface area contributed by atoms with Crippen LogP contribution in [0, 0.1) is 0 Å². The van der Waals surface area contributed by atoms with Crippen LogP contribution in [0.15, 0.2) is 24.3 Å². The quantitative estimate of drug-likeness (QED) is 0.711. The summed E-state index contributed by atoms with van der Waals surface area (Å²) < 4.78 is 16.8. The highest BCUT2D eigenvalue weighted by Crippen LogP contribution is 2.25. The molecular weight excluding hydrogens is 266 g/mol. The number of hydrogen-bond acceptors (Lipinski definition) is 4. The summed E-state index contributed by atoms with van der Waals surface area (Å²) in [7, 11) is 1.66. The van der Waals surface area contributed by atoms with Crippen molar-refractivity contribution >= 4 is 0 Å². The van der Waals surface area contributed by atoms with Crippen molar-refractivity contribution in [2.45, 2.75) is 38.2 Å². The molecule has 4 nitrogen and oxygen atoms in total. The lowest BCUT2D eigenvalue weighted by Crippen LogP contribution is -2.27. The lowest BCUT2D eigenvalue weighted by molar-refractivity contribution is 0.0301. The Balaban J connectivity index is 1.50. The van der Waals surface area contributed by atoms with Gasteiger partial charge in [0.05, 0.1) is 19.8 Å². The molecule has 0 radical (unpaired) electrons. The summed E-state index contributed by atoms with van der Waals surface area (Å²) in [4.78, 5) is 0. The fourth-order valence-corrected chi connectivity index (χ4v) is 2.63. The van der Waals surface area contributed by atoms with Crippen LogP contribution in [0.2, 0.25) is 0 Å². The first-order chi connectivity index (χ1) is 10.4. The van der Waals surface area contributed by atoms with E-state index in [1.807, 2.05) is 24.3 Å². The van der Waals surface area contributed by atoms with Crippen molar-refractivity contribution < 1.29 is 14.2 Å². The average Bonchev–Trinajstić information content (AvgIpc) is 2.55. The lowest BCUT2D eigenvalue weighted by Gasteiger charge is -2.22. The number of ether oxygens (including phenoxy) is 3. The molecule has 0 spiro atoms. The van der Waals surface area contributed by atoms with E-state index >= 15 is 0 Å². The average molecular weight is 293 g/mol. The molecule has 2 rings (SSSR count). The molecule has 1 aromatic carbocycles. The number of nitrogens with one attached hydrogen (secondary N) is 1. The van der Waals surface area contributed by atoms with Gasteiger partial charge in [0.2, 0.25) is 0 Å². The van der Waals surface area contributed by atoms with Crippen molar-refractivity contribution in [1.82, 2.24) is 5.32 Å². The van der Waals surface area contributed by atoms with Gasteiger partial charge < -0.3 is 19.5 Å². The van der Waals surface area contributed by atoms with Crippen molar-refractivity contribution in [3.05, 3.63) is 24.3 Å². The van der Waals surface area contributed by atoms with Crippen LogP contribution in [-0.2, 0) is 4.74 Å². The third-order valence-corrected chi connectivity index (χ3v) is 3.79. The first kappa shape index (κ1) is 16.1. The van der Waals surface area contributed by atoms with Gasteiger partial charge in [0.15, 0.2) is 11.5 Å². The Morgan fingerprint density at radius 2 is 1.71 bits per heavy atom. The van der Waals surface area contributed by atoms with Gasteiger partial charge in [-0.05, 0) is 25.0 Å². The zero-order valence-corrected chi connectivity index (χ0v) is 13.0. The minimum atomic E-state index is 0.491. The molecule has 21 heavy (non-hydrogen) atoms. The highest BCUT2D eigenvalue weighted by Gasteiger charge is 2.12. The van der Waals surface area contributed by atoms with Gasteiger partial charge in [0.25, 0.3) is 0 Å². The predicted molar refractivity (Wildman–Crippen MR) is 84.2 cm³/mol. The maximum Gasteiger partial charge on any atom is 0.161 e. The molecular formula is C17H27NO3.